The lowest BCUT2D eigenvalue weighted by molar-refractivity contribution is 0.417. The van der Waals surface area contributed by atoms with Gasteiger partial charge in [-0.1, -0.05) is 43.9 Å². The van der Waals surface area contributed by atoms with Crippen LogP contribution in [0, 0.1) is 6.92 Å². The van der Waals surface area contributed by atoms with Crippen LogP contribution in [0.3, 0.4) is 0 Å². The van der Waals surface area contributed by atoms with E-state index in [2.05, 4.69) is 37.4 Å². The van der Waals surface area contributed by atoms with Gasteiger partial charge in [-0.15, -0.1) is 0 Å². The molecule has 0 aromatic heterocycles. The van der Waals surface area contributed by atoms with Crippen molar-refractivity contribution in [2.24, 2.45) is 0 Å². The summed E-state index contributed by atoms with van der Waals surface area (Å²) in [6.07, 6.45) is 7.08. The summed E-state index contributed by atoms with van der Waals surface area (Å²) in [6.45, 7) is 4.20. The highest BCUT2D eigenvalue weighted by molar-refractivity contribution is 7.97. The Hall–Kier alpha value is -0.830. The molecule has 0 spiro atoms. The van der Waals surface area contributed by atoms with Crippen LogP contribution in [-0.2, 0) is 10.9 Å². The molecule has 0 radical (unpaired) electrons. The number of unbranched alkanes of at least 4 members (excludes halogenated alkanes) is 3. The minimum absolute atomic E-state index is 0.0421. The number of aryl methyl sites for hydroxylation is 1. The molecule has 0 saturated heterocycles. The lowest BCUT2D eigenvalue weighted by atomic mass is 10.1. The van der Waals surface area contributed by atoms with Crippen LogP contribution in [0.1, 0.15) is 44.6 Å². The molecule has 112 valence electrons. The van der Waals surface area contributed by atoms with Gasteiger partial charge in [-0.2, -0.15) is 8.78 Å². The van der Waals surface area contributed by atoms with Gasteiger partial charge in [-0.25, -0.2) is 0 Å². The van der Waals surface area contributed by atoms with E-state index in [0.29, 0.717) is 0 Å². The Kier molecular flexibility index (Phi) is 7.90. The average Bonchev–Trinajstić information content (AvgIpc) is 2.42. The van der Waals surface area contributed by atoms with Gasteiger partial charge in [-0.3, -0.25) is 0 Å². The van der Waals surface area contributed by atoms with Gasteiger partial charge in [-0.05, 0) is 31.9 Å². The van der Waals surface area contributed by atoms with E-state index in [1.807, 2.05) is 6.92 Å². The zero-order valence-corrected chi connectivity index (χ0v) is 13.5. The Balaban J connectivity index is 2.71. The molecule has 20 heavy (non-hydrogen) atoms. The fourth-order valence-corrected chi connectivity index (χ4v) is 3.94. The standard InChI is InChI=1S/C17H25F2S/c1-4-5-6-7-8-16(13-17(18)19)20(3)15-11-9-14(2)10-12-15/h9-13,16H,4-8H2,1-3H3/q+1. The van der Waals surface area contributed by atoms with E-state index in [-0.39, 0.29) is 16.1 Å². The largest absolute Gasteiger partial charge is 0.271 e. The molecule has 0 N–H and O–H groups in total. The Bertz CT molecular complexity index is 408. The van der Waals surface area contributed by atoms with E-state index in [9.17, 15) is 8.78 Å². The predicted molar refractivity (Wildman–Crippen MR) is 85.6 cm³/mol. The van der Waals surface area contributed by atoms with Crippen LogP contribution in [0.5, 0.6) is 0 Å². The van der Waals surface area contributed by atoms with Crippen LogP contribution in [0.4, 0.5) is 8.78 Å². The number of halogens is 2. The molecule has 1 aromatic rings. The van der Waals surface area contributed by atoms with E-state index >= 15 is 0 Å². The van der Waals surface area contributed by atoms with Gasteiger partial charge in [0, 0.05) is 17.0 Å². The molecule has 0 aliphatic carbocycles. The zero-order valence-electron chi connectivity index (χ0n) is 12.7. The summed E-state index contributed by atoms with van der Waals surface area (Å²) in [7, 11) is -0.162. The molecule has 3 heteroatoms. The molecule has 0 aliphatic rings. The first-order valence-electron chi connectivity index (χ1n) is 7.28. The Morgan fingerprint density at radius 2 is 1.80 bits per heavy atom. The SMILES string of the molecule is CCCCCCC(C=C(F)F)[S+](C)c1ccc(C)cc1. The molecule has 1 aromatic carbocycles. The van der Waals surface area contributed by atoms with E-state index in [1.165, 1.54) is 23.3 Å². The van der Waals surface area contributed by atoms with Crippen molar-refractivity contribution in [3.63, 3.8) is 0 Å². The first kappa shape index (κ1) is 17.2. The van der Waals surface area contributed by atoms with Gasteiger partial charge >= 0.3 is 0 Å². The Labute approximate surface area is 124 Å². The van der Waals surface area contributed by atoms with Crippen molar-refractivity contribution >= 4 is 10.9 Å². The minimum Gasteiger partial charge on any atom is -0.174 e. The summed E-state index contributed by atoms with van der Waals surface area (Å²) >= 11 is 0. The lowest BCUT2D eigenvalue weighted by Gasteiger charge is -2.12. The summed E-state index contributed by atoms with van der Waals surface area (Å²) in [5, 5.41) is -0.0421. The highest BCUT2D eigenvalue weighted by Gasteiger charge is 2.27. The molecular formula is C17H25F2S+. The van der Waals surface area contributed by atoms with E-state index < -0.39 is 6.08 Å². The topological polar surface area (TPSA) is 0 Å². The highest BCUT2D eigenvalue weighted by atomic mass is 32.2. The van der Waals surface area contributed by atoms with Crippen molar-refractivity contribution in [3.05, 3.63) is 42.0 Å². The lowest BCUT2D eigenvalue weighted by Crippen LogP contribution is -2.18. The molecule has 0 nitrogen and oxygen atoms in total. The quantitative estimate of drug-likeness (QED) is 0.425. The number of hydrogen-bond acceptors (Lipinski definition) is 0. The second-order valence-corrected chi connectivity index (χ2v) is 7.41. The van der Waals surface area contributed by atoms with Gasteiger partial charge in [0.15, 0.2) is 4.90 Å². The van der Waals surface area contributed by atoms with Crippen LogP contribution < -0.4 is 0 Å². The van der Waals surface area contributed by atoms with Crippen LogP contribution >= 0.6 is 0 Å². The van der Waals surface area contributed by atoms with Crippen molar-refractivity contribution in [1.82, 2.24) is 0 Å². The molecule has 2 unspecified atom stereocenters. The summed E-state index contributed by atoms with van der Waals surface area (Å²) in [5.41, 5.74) is 1.21. The third-order valence-corrected chi connectivity index (χ3v) is 5.80. The number of rotatable bonds is 8. The van der Waals surface area contributed by atoms with E-state index in [1.54, 1.807) is 0 Å². The summed E-state index contributed by atoms with van der Waals surface area (Å²) in [5.74, 6) is 0. The molecule has 0 saturated carbocycles. The minimum atomic E-state index is -1.54. The van der Waals surface area contributed by atoms with Gasteiger partial charge in [0.05, 0.1) is 0 Å². The summed E-state index contributed by atoms with van der Waals surface area (Å²) in [4.78, 5) is 1.17. The molecule has 1 rings (SSSR count). The third kappa shape index (κ3) is 6.08. The van der Waals surface area contributed by atoms with Gasteiger partial charge in [0.1, 0.15) is 11.5 Å². The van der Waals surface area contributed by atoms with Crippen molar-refractivity contribution < 1.29 is 8.78 Å². The monoisotopic (exact) mass is 299 g/mol. The number of benzene rings is 1. The van der Waals surface area contributed by atoms with Crippen LogP contribution in [0.15, 0.2) is 41.3 Å². The van der Waals surface area contributed by atoms with Crippen molar-refractivity contribution in [3.8, 4) is 0 Å². The first-order chi connectivity index (χ1) is 9.54. The maximum Gasteiger partial charge on any atom is 0.271 e. The molecule has 0 fully saturated rings. The third-order valence-electron chi connectivity index (χ3n) is 3.50. The van der Waals surface area contributed by atoms with Gasteiger partial charge in [0.2, 0.25) is 0 Å². The smallest absolute Gasteiger partial charge is 0.174 e. The maximum atomic E-state index is 12.7. The molecule has 0 bridgehead atoms. The zero-order chi connectivity index (χ0) is 15.0. The predicted octanol–water partition coefficient (Wildman–Crippen LogP) is 5.72. The average molecular weight is 299 g/mol. The number of hydrogen-bond donors (Lipinski definition) is 0. The molecule has 0 amide bonds. The van der Waals surface area contributed by atoms with Crippen LogP contribution in [-0.4, -0.2) is 11.5 Å². The Morgan fingerprint density at radius 1 is 1.15 bits per heavy atom. The molecule has 0 aliphatic heterocycles. The van der Waals surface area contributed by atoms with Crippen LogP contribution in [0.25, 0.3) is 0 Å². The van der Waals surface area contributed by atoms with Gasteiger partial charge < -0.3 is 0 Å². The van der Waals surface area contributed by atoms with Crippen molar-refractivity contribution in [2.45, 2.75) is 56.1 Å². The second kappa shape index (κ2) is 9.17. The summed E-state index contributed by atoms with van der Waals surface area (Å²) in [6, 6.07) is 8.26. The Morgan fingerprint density at radius 3 is 2.35 bits per heavy atom. The fraction of sp³-hybridized carbons (Fsp3) is 0.529. The second-order valence-electron chi connectivity index (χ2n) is 5.21. The molecule has 2 atom stereocenters. The fourth-order valence-electron chi connectivity index (χ4n) is 2.20. The highest BCUT2D eigenvalue weighted by Crippen LogP contribution is 2.24. The molecular weight excluding hydrogens is 274 g/mol. The van der Waals surface area contributed by atoms with Crippen LogP contribution in [0.2, 0.25) is 0 Å². The van der Waals surface area contributed by atoms with Gasteiger partial charge in [0.25, 0.3) is 6.08 Å². The van der Waals surface area contributed by atoms with E-state index in [4.69, 9.17) is 0 Å². The van der Waals surface area contributed by atoms with E-state index in [0.717, 1.165) is 25.3 Å². The van der Waals surface area contributed by atoms with Crippen molar-refractivity contribution in [1.29, 1.82) is 0 Å². The molecule has 0 heterocycles. The normalized spacial score (nSPS) is 13.8. The first-order valence-corrected chi connectivity index (χ1v) is 8.98. The van der Waals surface area contributed by atoms with Crippen molar-refractivity contribution in [2.75, 3.05) is 6.26 Å². The summed E-state index contributed by atoms with van der Waals surface area (Å²) < 4.78 is 25.3. The maximum absolute atomic E-state index is 12.7.